The topological polar surface area (TPSA) is 52.6 Å². The molecule has 0 saturated carbocycles. The molecule has 24 aromatic carbocycles. The zero-order valence-corrected chi connectivity index (χ0v) is 75.4. The van der Waals surface area contributed by atoms with Gasteiger partial charge in [-0.25, -0.2) is 0 Å². The fraction of sp³-hybridized carbons (Fsp3) is 0. The van der Waals surface area contributed by atoms with Crippen molar-refractivity contribution < 1.29 is 17.7 Å². The summed E-state index contributed by atoms with van der Waals surface area (Å²) in [5.74, 6) is 0. The maximum atomic E-state index is 6.44. The molecule has 6 heteroatoms. The molecule has 4 nitrogen and oxygen atoms in total. The summed E-state index contributed by atoms with van der Waals surface area (Å²) in [6.07, 6.45) is 0. The molecule has 134 heavy (non-hydrogen) atoms. The van der Waals surface area contributed by atoms with Crippen LogP contribution >= 0.6 is 0 Å². The summed E-state index contributed by atoms with van der Waals surface area (Å²) in [6, 6.07) is 161. The number of hydrogen-bond acceptors (Lipinski definition) is 4. The van der Waals surface area contributed by atoms with E-state index in [-0.39, 0.29) is 29.0 Å². The fourth-order valence-corrected chi connectivity index (χ4v) is 28.0. The SMILES string of the molecule is c1ccc2c(c1)oc1ccc(-c3c4ccccc4c(-c4ccc5[se]c6c(-c7c8ccccc8c(-c8ccc9oc%10ccccc%10c9c8)c8ccccc78)cccc6c5c4)c4ccccc34)cc12.c1ccc2c(c1)oc1cccc(-c3c4ccccc4c(-c4ccc5[se]c6c(-c7c8ccccc8c(-c8cccc9oc%10ccccc%10c89)c8ccccc78)cccc6c5c4)c4ccccc34)c12. The molecule has 0 atom stereocenters. The molecule has 0 radical (unpaired) electrons. The van der Waals surface area contributed by atoms with Gasteiger partial charge in [0, 0.05) is 0 Å². The summed E-state index contributed by atoms with van der Waals surface area (Å²) in [4.78, 5) is 0. The zero-order valence-electron chi connectivity index (χ0n) is 72.0. The van der Waals surface area contributed by atoms with Crippen LogP contribution < -0.4 is 0 Å². The standard InChI is InChI=1S/2C64H36O2Se/c1-3-18-40-38(16-1)58(39-17-2-4-19-41(39)59(40)49-27-14-32-55-62(49)47-24-9-11-30-53(47)65-55)37-34-35-57-52(36-37)46-26-13-29-51(64(46)67-57)61-44-22-7-5-20-42(44)60(43-21-6-8-23-45(43)61)50-28-15-33-56-63(50)48-25-10-12-31-54(48)66-56;1-3-18-44-42(16-1)60(37-28-31-57-52(34-37)40-14-9-11-26-55(40)65-57)43-17-2-4-19-45(43)62(44)39-30-33-59-54(36-39)50-24-13-25-51(64(50)67-59)63-48-22-7-5-20-46(48)61(47-21-6-8-23-49(47)63)38-29-32-58-53(35-38)41-15-10-12-27-56(41)66-58/h2*1-36H. The molecule has 0 saturated heterocycles. The van der Waals surface area contributed by atoms with Gasteiger partial charge in [-0.05, 0) is 12.1 Å². The normalized spacial score (nSPS) is 12.2. The van der Waals surface area contributed by atoms with E-state index in [1.807, 2.05) is 18.2 Å². The maximum absolute atomic E-state index is 6.44. The molecule has 0 aliphatic heterocycles. The Balaban J connectivity index is 0.000000131. The first kappa shape index (κ1) is 75.4. The first-order valence-electron chi connectivity index (χ1n) is 45.8. The van der Waals surface area contributed by atoms with Crippen molar-refractivity contribution in [3.63, 3.8) is 0 Å². The Labute approximate surface area is 778 Å². The van der Waals surface area contributed by atoms with Gasteiger partial charge in [0.25, 0.3) is 0 Å². The third-order valence-corrected chi connectivity index (χ3v) is 33.6. The molecular formula is C128H72O4Se2. The number of furan rings is 4. The summed E-state index contributed by atoms with van der Waals surface area (Å²) >= 11 is 0.208. The molecule has 0 amide bonds. The van der Waals surface area contributed by atoms with E-state index in [0.717, 1.165) is 87.8 Å². The van der Waals surface area contributed by atoms with Gasteiger partial charge in [-0.2, -0.15) is 0 Å². The number of hydrogen-bond donors (Lipinski definition) is 0. The van der Waals surface area contributed by atoms with E-state index in [1.54, 1.807) is 0 Å². The van der Waals surface area contributed by atoms with E-state index in [1.165, 1.54) is 214 Å². The summed E-state index contributed by atoms with van der Waals surface area (Å²) in [7, 11) is 0. The molecule has 620 valence electrons. The van der Waals surface area contributed by atoms with Crippen molar-refractivity contribution in [1.29, 1.82) is 0 Å². The van der Waals surface area contributed by atoms with E-state index in [4.69, 9.17) is 17.7 Å². The fourth-order valence-electron chi connectivity index (χ4n) is 22.9. The van der Waals surface area contributed by atoms with Crippen LogP contribution in [0, 0.1) is 0 Å². The minimum atomic E-state index is 0.0992. The van der Waals surface area contributed by atoms with Gasteiger partial charge in [0.15, 0.2) is 0 Å². The Bertz CT molecular complexity index is 10100. The quantitative estimate of drug-likeness (QED) is 0.112. The van der Waals surface area contributed by atoms with Crippen LogP contribution in [-0.2, 0) is 0 Å². The van der Waals surface area contributed by atoms with Crippen LogP contribution in [0.3, 0.4) is 0 Å². The Kier molecular flexibility index (Phi) is 16.6. The molecule has 6 aromatic heterocycles. The van der Waals surface area contributed by atoms with Crippen molar-refractivity contribution in [3.8, 4) is 89.0 Å². The van der Waals surface area contributed by atoms with Crippen LogP contribution in [-0.4, -0.2) is 29.0 Å². The molecule has 0 spiro atoms. The van der Waals surface area contributed by atoms with Gasteiger partial charge in [0.2, 0.25) is 0 Å². The minimum absolute atomic E-state index is 0.0992. The van der Waals surface area contributed by atoms with Crippen molar-refractivity contribution in [2.75, 3.05) is 0 Å². The average molecular weight is 1830 g/mol. The third-order valence-electron chi connectivity index (χ3n) is 28.5. The van der Waals surface area contributed by atoms with Gasteiger partial charge >= 0.3 is 726 Å². The number of fused-ring (bicyclic) bond motifs is 26. The molecule has 0 N–H and O–H groups in total. The van der Waals surface area contributed by atoms with Crippen molar-refractivity contribution in [2.24, 2.45) is 0 Å². The molecule has 0 unspecified atom stereocenters. The van der Waals surface area contributed by atoms with E-state index in [2.05, 4.69) is 419 Å². The average Bonchev–Trinajstić information content (AvgIpc) is 1.44. The van der Waals surface area contributed by atoms with E-state index in [9.17, 15) is 0 Å². The van der Waals surface area contributed by atoms with Crippen molar-refractivity contribution in [2.45, 2.75) is 0 Å². The van der Waals surface area contributed by atoms with Gasteiger partial charge < -0.3 is 4.42 Å². The number of benzene rings is 24. The van der Waals surface area contributed by atoms with Crippen molar-refractivity contribution in [3.05, 3.63) is 437 Å². The molecule has 0 bridgehead atoms. The molecule has 0 aliphatic rings. The molecule has 0 aliphatic carbocycles. The predicted molar refractivity (Wildman–Crippen MR) is 569 cm³/mol. The van der Waals surface area contributed by atoms with Crippen LogP contribution in [0.5, 0.6) is 0 Å². The Morgan fingerprint density at radius 1 is 0.127 bits per heavy atom. The molecule has 6 heterocycles. The first-order chi connectivity index (χ1) is 66.5. The monoisotopic (exact) mass is 1830 g/mol. The van der Waals surface area contributed by atoms with Crippen molar-refractivity contribution in [1.82, 2.24) is 0 Å². The Morgan fingerprint density at radius 2 is 0.328 bits per heavy atom. The van der Waals surface area contributed by atoms with Crippen LogP contribution in [0.15, 0.2) is 454 Å². The molecule has 0 fully saturated rings. The summed E-state index contributed by atoms with van der Waals surface area (Å²) < 4.78 is 31.1. The van der Waals surface area contributed by atoms with Gasteiger partial charge in [0.1, 0.15) is 5.58 Å². The van der Waals surface area contributed by atoms with E-state index < -0.39 is 0 Å². The van der Waals surface area contributed by atoms with E-state index in [0.29, 0.717) is 0 Å². The van der Waals surface area contributed by atoms with Gasteiger partial charge in [-0.3, -0.25) is 0 Å². The second-order valence-electron chi connectivity index (χ2n) is 35.5. The third kappa shape index (κ3) is 11.2. The molecule has 30 aromatic rings. The van der Waals surface area contributed by atoms with Crippen molar-refractivity contribution >= 4 is 242 Å². The Morgan fingerprint density at radius 3 is 0.634 bits per heavy atom. The zero-order chi connectivity index (χ0) is 87.5. The Hall–Kier alpha value is -16.4. The molecule has 30 rings (SSSR count). The van der Waals surface area contributed by atoms with E-state index >= 15 is 0 Å². The van der Waals surface area contributed by atoms with Gasteiger partial charge in [-0.1, -0.05) is 36.4 Å². The predicted octanol–water partition coefficient (Wildman–Crippen LogP) is 36.3. The number of rotatable bonds is 8. The first-order valence-corrected chi connectivity index (χ1v) is 49.2. The summed E-state index contributed by atoms with van der Waals surface area (Å²) in [5, 5.41) is 34.6. The second kappa shape index (κ2) is 29.6. The van der Waals surface area contributed by atoms with Crippen LogP contribution in [0.1, 0.15) is 0 Å². The van der Waals surface area contributed by atoms with Crippen LogP contribution in [0.25, 0.3) is 302 Å². The van der Waals surface area contributed by atoms with Crippen LogP contribution in [0.2, 0.25) is 0 Å². The number of para-hydroxylation sites is 4. The molecular weight excluding hydrogens is 1760 g/mol. The summed E-state index contributed by atoms with van der Waals surface area (Å²) in [5.41, 5.74) is 27.4. The van der Waals surface area contributed by atoms with Gasteiger partial charge in [-0.15, -0.1) is 0 Å². The van der Waals surface area contributed by atoms with Gasteiger partial charge in [0.05, 0.1) is 0 Å². The summed E-state index contributed by atoms with van der Waals surface area (Å²) in [6.45, 7) is 0. The second-order valence-corrected chi connectivity index (χ2v) is 39.9. The van der Waals surface area contributed by atoms with Crippen LogP contribution in [0.4, 0.5) is 0 Å².